The van der Waals surface area contributed by atoms with Gasteiger partial charge >= 0.3 is 0 Å². The fraction of sp³-hybridized carbons (Fsp3) is 0.581. The van der Waals surface area contributed by atoms with Crippen LogP contribution in [0.3, 0.4) is 0 Å². The number of carbonyl (C=O) groups is 3. The molecule has 1 aromatic rings. The summed E-state index contributed by atoms with van der Waals surface area (Å²) in [6.45, 7) is 10.3. The van der Waals surface area contributed by atoms with Crippen molar-refractivity contribution in [1.29, 1.82) is 0 Å². The van der Waals surface area contributed by atoms with E-state index >= 15 is 0 Å². The maximum Gasteiger partial charge on any atom is 0.252 e. The second kappa shape index (κ2) is 13.4. The van der Waals surface area contributed by atoms with Crippen LogP contribution in [0, 0.1) is 0 Å². The topological polar surface area (TPSA) is 114 Å². The number of nitrogens with two attached hydrogens (primary N) is 1. The number of benzene rings is 1. The van der Waals surface area contributed by atoms with Crippen LogP contribution in [0.15, 0.2) is 53.1 Å². The molecule has 3 rings (SSSR count). The summed E-state index contributed by atoms with van der Waals surface area (Å²) >= 11 is 0. The molecule has 0 aromatic heterocycles. The van der Waals surface area contributed by atoms with Gasteiger partial charge in [-0.3, -0.25) is 14.4 Å². The van der Waals surface area contributed by atoms with E-state index in [1.807, 2.05) is 57.2 Å². The van der Waals surface area contributed by atoms with Gasteiger partial charge in [0.1, 0.15) is 6.04 Å². The van der Waals surface area contributed by atoms with Crippen molar-refractivity contribution in [3.63, 3.8) is 0 Å². The molecule has 1 aliphatic heterocycles. The number of hydrogen-bond donors (Lipinski definition) is 3. The molecule has 1 atom stereocenters. The largest absolute Gasteiger partial charge is 0.374 e. The summed E-state index contributed by atoms with van der Waals surface area (Å²) in [4.78, 5) is 41.4. The maximum atomic E-state index is 13.8. The number of hydrogen-bond acceptors (Lipinski definition) is 5. The zero-order valence-electron chi connectivity index (χ0n) is 24.3. The summed E-state index contributed by atoms with van der Waals surface area (Å²) < 4.78 is 5.88. The summed E-state index contributed by atoms with van der Waals surface area (Å²) in [6, 6.07) is 8.82. The third-order valence-electron chi connectivity index (χ3n) is 7.90. The highest BCUT2D eigenvalue weighted by atomic mass is 16.5. The van der Waals surface area contributed by atoms with Gasteiger partial charge in [-0.1, -0.05) is 55.7 Å². The molecule has 8 heteroatoms. The predicted octanol–water partition coefficient (Wildman–Crippen LogP) is 3.76. The van der Waals surface area contributed by atoms with Crippen LogP contribution in [0.1, 0.15) is 78.7 Å². The Hall–Kier alpha value is -2.97. The predicted molar refractivity (Wildman–Crippen MR) is 154 cm³/mol. The molecule has 1 unspecified atom stereocenters. The normalized spacial score (nSPS) is 18.2. The first kappa shape index (κ1) is 30.6. The fourth-order valence-electron chi connectivity index (χ4n) is 5.52. The van der Waals surface area contributed by atoms with Crippen LogP contribution in [-0.2, 0) is 25.7 Å². The van der Waals surface area contributed by atoms with Gasteiger partial charge in [0.25, 0.3) is 5.91 Å². The van der Waals surface area contributed by atoms with Crippen molar-refractivity contribution in [2.24, 2.45) is 5.73 Å². The van der Waals surface area contributed by atoms with Gasteiger partial charge in [-0.2, -0.15) is 0 Å². The first-order chi connectivity index (χ1) is 18.5. The highest BCUT2D eigenvalue weighted by Crippen LogP contribution is 2.43. The molecule has 0 saturated heterocycles. The Morgan fingerprint density at radius 3 is 2.46 bits per heavy atom. The number of rotatable bonds is 12. The van der Waals surface area contributed by atoms with Crippen molar-refractivity contribution >= 4 is 17.7 Å². The highest BCUT2D eigenvalue weighted by molar-refractivity contribution is 6.02. The lowest BCUT2D eigenvalue weighted by Crippen LogP contribution is -2.58. The van der Waals surface area contributed by atoms with Gasteiger partial charge in [-0.05, 0) is 70.6 Å². The molecule has 4 N–H and O–H groups in total. The lowest BCUT2D eigenvalue weighted by Gasteiger charge is -2.37. The Kier molecular flexibility index (Phi) is 10.5. The maximum absolute atomic E-state index is 13.8. The quantitative estimate of drug-likeness (QED) is 0.375. The number of amides is 3. The van der Waals surface area contributed by atoms with Crippen LogP contribution in [0.25, 0.3) is 0 Å². The van der Waals surface area contributed by atoms with Crippen molar-refractivity contribution < 1.29 is 19.1 Å². The van der Waals surface area contributed by atoms with Crippen molar-refractivity contribution in [2.75, 3.05) is 19.7 Å². The number of allylic oxidation sites excluding steroid dienone is 1. The molecular formula is C31H46N4O4. The Bertz CT molecular complexity index is 1080. The molecule has 8 nitrogen and oxygen atoms in total. The molecule has 39 heavy (non-hydrogen) atoms. The number of likely N-dealkylation sites (N-methyl/N-ethyl adjacent to an activating group) is 1. The van der Waals surface area contributed by atoms with Crippen LogP contribution >= 0.6 is 0 Å². The van der Waals surface area contributed by atoms with E-state index in [0.717, 1.165) is 48.0 Å². The standard InChI is InChI=1S/C31H46N4O4/c1-6-22(3)26-24(31(34-27(26)36)17-12-9-13-18-31)16-19-35(7-2)28(37)25(33-29(38)30(4,5)32)21-39-20-23-14-10-8-11-15-23/h6,8,10-11,14-15,25H,7,9,12-13,16-21,32H2,1-5H3,(H,33,38)(H,34,36)/b22-6+. The van der Waals surface area contributed by atoms with Gasteiger partial charge in [0.05, 0.1) is 24.3 Å². The Morgan fingerprint density at radius 2 is 1.87 bits per heavy atom. The van der Waals surface area contributed by atoms with E-state index in [0.29, 0.717) is 26.1 Å². The van der Waals surface area contributed by atoms with E-state index in [2.05, 4.69) is 10.6 Å². The first-order valence-electron chi connectivity index (χ1n) is 14.2. The van der Waals surface area contributed by atoms with E-state index < -0.39 is 17.5 Å². The lowest BCUT2D eigenvalue weighted by molar-refractivity contribution is -0.139. The Balaban J connectivity index is 1.79. The lowest BCUT2D eigenvalue weighted by atomic mass is 9.75. The second-order valence-electron chi connectivity index (χ2n) is 11.3. The van der Waals surface area contributed by atoms with Gasteiger partial charge in [-0.25, -0.2) is 0 Å². The number of nitrogens with zero attached hydrogens (tertiary/aromatic N) is 1. The number of ether oxygens (including phenoxy) is 1. The minimum Gasteiger partial charge on any atom is -0.374 e. The third-order valence-corrected chi connectivity index (χ3v) is 7.90. The van der Waals surface area contributed by atoms with Crippen LogP contribution < -0.4 is 16.4 Å². The summed E-state index contributed by atoms with van der Waals surface area (Å²) in [6.07, 6.45) is 7.73. The highest BCUT2D eigenvalue weighted by Gasteiger charge is 2.45. The van der Waals surface area contributed by atoms with Crippen molar-refractivity contribution in [2.45, 2.75) is 96.9 Å². The average molecular weight is 539 g/mol. The molecule has 1 heterocycles. The van der Waals surface area contributed by atoms with Gasteiger partial charge in [0.15, 0.2) is 0 Å². The molecule has 0 radical (unpaired) electrons. The summed E-state index contributed by atoms with van der Waals surface area (Å²) in [5, 5.41) is 6.13. The summed E-state index contributed by atoms with van der Waals surface area (Å²) in [5.74, 6) is -0.648. The van der Waals surface area contributed by atoms with E-state index in [4.69, 9.17) is 10.5 Å². The van der Waals surface area contributed by atoms with Gasteiger partial charge in [-0.15, -0.1) is 0 Å². The molecule has 1 spiro atoms. The molecule has 1 saturated carbocycles. The van der Waals surface area contributed by atoms with Crippen LogP contribution in [0.2, 0.25) is 0 Å². The zero-order valence-corrected chi connectivity index (χ0v) is 24.3. The van der Waals surface area contributed by atoms with Crippen LogP contribution in [-0.4, -0.2) is 59.4 Å². The summed E-state index contributed by atoms with van der Waals surface area (Å²) in [5.41, 5.74) is 8.38. The molecule has 1 aromatic carbocycles. The molecule has 0 bridgehead atoms. The van der Waals surface area contributed by atoms with Crippen molar-refractivity contribution in [3.8, 4) is 0 Å². The zero-order chi connectivity index (χ0) is 28.6. The monoisotopic (exact) mass is 538 g/mol. The van der Waals surface area contributed by atoms with Gasteiger partial charge < -0.3 is 26.0 Å². The molecular weight excluding hydrogens is 492 g/mol. The van der Waals surface area contributed by atoms with Gasteiger partial charge in [0, 0.05) is 18.7 Å². The molecule has 1 fully saturated rings. The van der Waals surface area contributed by atoms with Crippen molar-refractivity contribution in [3.05, 3.63) is 58.7 Å². The fourth-order valence-corrected chi connectivity index (χ4v) is 5.52. The second-order valence-corrected chi connectivity index (χ2v) is 11.3. The van der Waals surface area contributed by atoms with E-state index in [9.17, 15) is 14.4 Å². The van der Waals surface area contributed by atoms with E-state index in [1.165, 1.54) is 6.42 Å². The van der Waals surface area contributed by atoms with Gasteiger partial charge in [0.2, 0.25) is 11.8 Å². The first-order valence-corrected chi connectivity index (χ1v) is 14.2. The Labute approximate surface area is 233 Å². The summed E-state index contributed by atoms with van der Waals surface area (Å²) in [7, 11) is 0. The average Bonchev–Trinajstić information content (AvgIpc) is 3.17. The molecule has 3 amide bonds. The number of nitrogens with one attached hydrogen (secondary N) is 2. The van der Waals surface area contributed by atoms with Crippen molar-refractivity contribution in [1.82, 2.24) is 15.5 Å². The van der Waals surface area contributed by atoms with E-state index in [-0.39, 0.29) is 24.0 Å². The Morgan fingerprint density at radius 1 is 1.21 bits per heavy atom. The minimum absolute atomic E-state index is 0.0125. The smallest absolute Gasteiger partial charge is 0.252 e. The minimum atomic E-state index is -1.14. The number of carbonyl (C=O) groups excluding carboxylic acids is 3. The molecule has 214 valence electrons. The van der Waals surface area contributed by atoms with Crippen LogP contribution in [0.5, 0.6) is 0 Å². The van der Waals surface area contributed by atoms with E-state index in [1.54, 1.807) is 18.7 Å². The molecule has 2 aliphatic rings. The SMILES string of the molecule is C/C=C(\C)C1=C(CCN(CC)C(=O)C(COCc2ccccc2)NC(=O)C(C)(C)N)C2(CCCCC2)NC1=O. The third kappa shape index (κ3) is 7.57. The van der Waals surface area contributed by atoms with Crippen LogP contribution in [0.4, 0.5) is 0 Å². The molecule has 1 aliphatic carbocycles.